The van der Waals surface area contributed by atoms with Gasteiger partial charge in [0.2, 0.25) is 5.91 Å². The summed E-state index contributed by atoms with van der Waals surface area (Å²) in [5.74, 6) is 1.33. The number of hydrogen-bond acceptors (Lipinski definition) is 4. The first kappa shape index (κ1) is 20.3. The number of aromatic amines is 1. The van der Waals surface area contributed by atoms with E-state index in [1.165, 1.54) is 0 Å². The molecule has 0 bridgehead atoms. The van der Waals surface area contributed by atoms with Crippen LogP contribution in [0.5, 0.6) is 5.75 Å². The second kappa shape index (κ2) is 9.26. The van der Waals surface area contributed by atoms with Crippen molar-refractivity contribution in [3.8, 4) is 17.1 Å². The molecule has 6 nitrogen and oxygen atoms in total. The highest BCUT2D eigenvalue weighted by molar-refractivity contribution is 5.97. The summed E-state index contributed by atoms with van der Waals surface area (Å²) in [6, 6.07) is 13.8. The van der Waals surface area contributed by atoms with Crippen molar-refractivity contribution in [3.05, 3.63) is 83.8 Å². The topological polar surface area (TPSA) is 79.9 Å². The van der Waals surface area contributed by atoms with Gasteiger partial charge in [-0.2, -0.15) is 0 Å². The third-order valence-corrected chi connectivity index (χ3v) is 5.08. The van der Waals surface area contributed by atoms with E-state index in [0.29, 0.717) is 18.8 Å². The van der Waals surface area contributed by atoms with E-state index in [1.807, 2.05) is 74.1 Å². The molecule has 0 atom stereocenters. The molecule has 2 N–H and O–H groups in total. The van der Waals surface area contributed by atoms with Crippen LogP contribution < -0.4 is 10.1 Å². The van der Waals surface area contributed by atoms with Crippen molar-refractivity contribution in [1.82, 2.24) is 20.3 Å². The molecule has 156 valence electrons. The minimum atomic E-state index is -0.138. The molecule has 0 saturated carbocycles. The van der Waals surface area contributed by atoms with Crippen LogP contribution in [0.25, 0.3) is 28.4 Å². The Balaban J connectivity index is 1.39. The highest BCUT2D eigenvalue weighted by atomic mass is 16.5. The van der Waals surface area contributed by atoms with Crippen LogP contribution >= 0.6 is 0 Å². The Morgan fingerprint density at radius 1 is 1.13 bits per heavy atom. The average Bonchev–Trinajstić information content (AvgIpc) is 3.22. The highest BCUT2D eigenvalue weighted by Crippen LogP contribution is 2.27. The lowest BCUT2D eigenvalue weighted by molar-refractivity contribution is -0.116. The predicted octanol–water partition coefficient (Wildman–Crippen LogP) is 4.31. The maximum atomic E-state index is 12.3. The third-order valence-electron chi connectivity index (χ3n) is 5.08. The number of fused-ring (bicyclic) bond motifs is 1. The van der Waals surface area contributed by atoms with Gasteiger partial charge in [0.05, 0.1) is 12.6 Å². The summed E-state index contributed by atoms with van der Waals surface area (Å²) in [5, 5.41) is 3.96. The first-order valence-corrected chi connectivity index (χ1v) is 10.1. The van der Waals surface area contributed by atoms with E-state index in [9.17, 15) is 4.79 Å². The third kappa shape index (κ3) is 4.64. The monoisotopic (exact) mass is 412 g/mol. The van der Waals surface area contributed by atoms with Gasteiger partial charge in [0.1, 0.15) is 5.75 Å². The molecule has 2 heterocycles. The standard InChI is InChI=1S/C25H24N4O2/c1-17-14-28-25(29-15-17)21-7-4-3-6-18(21)12-13-26-23(30)11-10-19-16-27-24-20(19)8-5-9-22(24)31-2/h3-11,14-16,27H,12-13H2,1-2H3,(H,26,30)/b11-10+. The maximum absolute atomic E-state index is 12.3. The van der Waals surface area contributed by atoms with Gasteiger partial charge in [0, 0.05) is 47.7 Å². The van der Waals surface area contributed by atoms with E-state index >= 15 is 0 Å². The van der Waals surface area contributed by atoms with Crippen LogP contribution in [-0.2, 0) is 11.2 Å². The summed E-state index contributed by atoms with van der Waals surface area (Å²) < 4.78 is 5.37. The lowest BCUT2D eigenvalue weighted by Gasteiger charge is -2.09. The van der Waals surface area contributed by atoms with E-state index in [1.54, 1.807) is 13.2 Å². The maximum Gasteiger partial charge on any atom is 0.244 e. The largest absolute Gasteiger partial charge is 0.495 e. The molecular weight excluding hydrogens is 388 g/mol. The molecule has 1 amide bonds. The van der Waals surface area contributed by atoms with Crippen molar-refractivity contribution in [3.63, 3.8) is 0 Å². The molecule has 4 aromatic rings. The molecule has 2 aromatic heterocycles. The fourth-order valence-electron chi connectivity index (χ4n) is 3.49. The molecule has 6 heteroatoms. The molecule has 0 radical (unpaired) electrons. The summed E-state index contributed by atoms with van der Waals surface area (Å²) in [4.78, 5) is 24.4. The number of carbonyl (C=O) groups is 1. The van der Waals surface area contributed by atoms with Crippen LogP contribution in [0.15, 0.2) is 67.1 Å². The Bertz CT molecular complexity index is 1230. The fourth-order valence-corrected chi connectivity index (χ4v) is 3.49. The number of aryl methyl sites for hydroxylation is 1. The number of benzene rings is 2. The van der Waals surface area contributed by atoms with E-state index < -0.39 is 0 Å². The van der Waals surface area contributed by atoms with Crippen LogP contribution in [0.3, 0.4) is 0 Å². The van der Waals surface area contributed by atoms with Crippen molar-refractivity contribution in [2.45, 2.75) is 13.3 Å². The van der Waals surface area contributed by atoms with Crippen molar-refractivity contribution in [2.75, 3.05) is 13.7 Å². The van der Waals surface area contributed by atoms with Gasteiger partial charge >= 0.3 is 0 Å². The Morgan fingerprint density at radius 3 is 2.74 bits per heavy atom. The average molecular weight is 412 g/mol. The number of aromatic nitrogens is 3. The second-order valence-corrected chi connectivity index (χ2v) is 7.24. The molecule has 0 aliphatic rings. The molecule has 0 fully saturated rings. The summed E-state index contributed by atoms with van der Waals surface area (Å²) in [7, 11) is 1.64. The number of H-pyrrole nitrogens is 1. The zero-order valence-corrected chi connectivity index (χ0v) is 17.6. The molecule has 0 aliphatic heterocycles. The number of nitrogens with zero attached hydrogens (tertiary/aromatic N) is 2. The number of amides is 1. The van der Waals surface area contributed by atoms with Crippen LogP contribution in [0, 0.1) is 6.92 Å². The number of hydrogen-bond donors (Lipinski definition) is 2. The highest BCUT2D eigenvalue weighted by Gasteiger charge is 2.08. The lowest BCUT2D eigenvalue weighted by atomic mass is 10.0. The number of carbonyl (C=O) groups excluding carboxylic acids is 1. The van der Waals surface area contributed by atoms with Gasteiger partial charge in [-0.3, -0.25) is 4.79 Å². The lowest BCUT2D eigenvalue weighted by Crippen LogP contribution is -2.23. The number of nitrogens with one attached hydrogen (secondary N) is 2. The van der Waals surface area contributed by atoms with Crippen molar-refractivity contribution < 1.29 is 9.53 Å². The number of methoxy groups -OCH3 is 1. The van der Waals surface area contributed by atoms with Gasteiger partial charge in [-0.25, -0.2) is 9.97 Å². The zero-order chi connectivity index (χ0) is 21.6. The minimum Gasteiger partial charge on any atom is -0.495 e. The summed E-state index contributed by atoms with van der Waals surface area (Å²) in [6.45, 7) is 2.49. The van der Waals surface area contributed by atoms with Crippen molar-refractivity contribution in [1.29, 1.82) is 0 Å². The van der Waals surface area contributed by atoms with Crippen LogP contribution in [0.4, 0.5) is 0 Å². The molecule has 0 spiro atoms. The van der Waals surface area contributed by atoms with E-state index in [4.69, 9.17) is 4.74 Å². The SMILES string of the molecule is COc1cccc2c(/C=C/C(=O)NCCc3ccccc3-c3ncc(C)cn3)c[nH]c12. The normalized spacial score (nSPS) is 11.2. The fraction of sp³-hybridized carbons (Fsp3) is 0.160. The van der Waals surface area contributed by atoms with Gasteiger partial charge in [-0.05, 0) is 36.6 Å². The Labute approximate surface area is 181 Å². The number of ether oxygens (including phenoxy) is 1. The second-order valence-electron chi connectivity index (χ2n) is 7.24. The molecule has 2 aromatic carbocycles. The first-order chi connectivity index (χ1) is 15.2. The van der Waals surface area contributed by atoms with Crippen LogP contribution in [0.1, 0.15) is 16.7 Å². The predicted molar refractivity (Wildman–Crippen MR) is 123 cm³/mol. The molecule has 0 aliphatic carbocycles. The zero-order valence-electron chi connectivity index (χ0n) is 17.6. The summed E-state index contributed by atoms with van der Waals surface area (Å²) >= 11 is 0. The Morgan fingerprint density at radius 2 is 1.94 bits per heavy atom. The molecule has 4 rings (SSSR count). The Hall–Kier alpha value is -3.93. The van der Waals surface area contributed by atoms with Crippen LogP contribution in [0.2, 0.25) is 0 Å². The summed E-state index contributed by atoms with van der Waals surface area (Å²) in [5.41, 5.74) is 4.96. The van der Waals surface area contributed by atoms with Crippen LogP contribution in [-0.4, -0.2) is 34.5 Å². The minimum absolute atomic E-state index is 0.138. The Kier molecular flexibility index (Phi) is 6.08. The molecule has 0 unspecified atom stereocenters. The smallest absolute Gasteiger partial charge is 0.244 e. The molecule has 0 saturated heterocycles. The van der Waals surface area contributed by atoms with E-state index in [2.05, 4.69) is 20.3 Å². The quantitative estimate of drug-likeness (QED) is 0.443. The van der Waals surface area contributed by atoms with Crippen molar-refractivity contribution in [2.24, 2.45) is 0 Å². The molecular formula is C25H24N4O2. The van der Waals surface area contributed by atoms with Gasteiger partial charge < -0.3 is 15.0 Å². The molecule has 31 heavy (non-hydrogen) atoms. The van der Waals surface area contributed by atoms with Gasteiger partial charge in [-0.1, -0.05) is 36.4 Å². The number of rotatable bonds is 7. The van der Waals surface area contributed by atoms with E-state index in [-0.39, 0.29) is 5.91 Å². The van der Waals surface area contributed by atoms with Gasteiger partial charge in [0.15, 0.2) is 5.82 Å². The summed E-state index contributed by atoms with van der Waals surface area (Å²) in [6.07, 6.45) is 9.54. The first-order valence-electron chi connectivity index (χ1n) is 10.1. The van der Waals surface area contributed by atoms with Gasteiger partial charge in [0.25, 0.3) is 0 Å². The van der Waals surface area contributed by atoms with E-state index in [0.717, 1.165) is 38.9 Å². The van der Waals surface area contributed by atoms with Crippen molar-refractivity contribution >= 4 is 22.9 Å². The number of para-hydroxylation sites is 1. The van der Waals surface area contributed by atoms with Gasteiger partial charge in [-0.15, -0.1) is 0 Å².